The van der Waals surface area contributed by atoms with E-state index < -0.39 is 5.91 Å². The van der Waals surface area contributed by atoms with Crippen LogP contribution < -0.4 is 24.8 Å². The summed E-state index contributed by atoms with van der Waals surface area (Å²) >= 11 is 6.28. The molecule has 0 spiro atoms. The third kappa shape index (κ3) is 6.84. The van der Waals surface area contributed by atoms with Crippen LogP contribution in [0.4, 0.5) is 0 Å². The summed E-state index contributed by atoms with van der Waals surface area (Å²) in [7, 11) is 1.59. The predicted molar refractivity (Wildman–Crippen MR) is 116 cm³/mol. The Morgan fingerprint density at radius 1 is 1.03 bits per heavy atom. The van der Waals surface area contributed by atoms with Crippen molar-refractivity contribution in [3.05, 3.63) is 52.5 Å². The highest BCUT2D eigenvalue weighted by atomic mass is 35.5. The Kier molecular flexibility index (Phi) is 9.28. The summed E-state index contributed by atoms with van der Waals surface area (Å²) < 4.78 is 16.3. The Hall–Kier alpha value is -2.93. The van der Waals surface area contributed by atoms with E-state index in [2.05, 4.69) is 10.6 Å². The van der Waals surface area contributed by atoms with Crippen LogP contribution in [0.2, 0.25) is 5.02 Å². The number of rotatable bonds is 11. The number of amides is 2. The molecule has 2 aromatic rings. The first-order valence-corrected chi connectivity index (χ1v) is 10.1. The number of halogens is 1. The van der Waals surface area contributed by atoms with Crippen LogP contribution in [-0.2, 0) is 11.3 Å². The van der Waals surface area contributed by atoms with Crippen molar-refractivity contribution in [2.45, 2.75) is 26.8 Å². The zero-order chi connectivity index (χ0) is 21.9. The second-order valence-electron chi connectivity index (χ2n) is 6.37. The molecule has 0 aromatic heterocycles. The molecule has 0 unspecified atom stereocenters. The summed E-state index contributed by atoms with van der Waals surface area (Å²) in [6.07, 6.45) is 0.815. The van der Waals surface area contributed by atoms with Crippen molar-refractivity contribution in [1.29, 1.82) is 0 Å². The SMILES string of the molecule is CCCOc1c(Cl)cc(C(=O)NCC(=O)NCc2ccc(OC)cc2)cc1OCC. The molecule has 0 bridgehead atoms. The first kappa shape index (κ1) is 23.3. The van der Waals surface area contributed by atoms with Crippen molar-refractivity contribution >= 4 is 23.4 Å². The number of carbonyl (C=O) groups is 2. The third-order valence-electron chi connectivity index (χ3n) is 4.08. The van der Waals surface area contributed by atoms with E-state index in [-0.39, 0.29) is 23.0 Å². The van der Waals surface area contributed by atoms with E-state index in [1.807, 2.05) is 38.1 Å². The van der Waals surface area contributed by atoms with Gasteiger partial charge in [0.25, 0.3) is 5.91 Å². The Labute approximate surface area is 181 Å². The highest BCUT2D eigenvalue weighted by Gasteiger charge is 2.17. The summed E-state index contributed by atoms with van der Waals surface area (Å²) in [6.45, 7) is 4.89. The van der Waals surface area contributed by atoms with Gasteiger partial charge in [0.15, 0.2) is 11.5 Å². The van der Waals surface area contributed by atoms with E-state index in [0.717, 1.165) is 17.7 Å². The van der Waals surface area contributed by atoms with Gasteiger partial charge in [0.1, 0.15) is 5.75 Å². The molecule has 0 saturated carbocycles. The minimum absolute atomic E-state index is 0.162. The van der Waals surface area contributed by atoms with Crippen LogP contribution in [0.15, 0.2) is 36.4 Å². The number of carbonyl (C=O) groups excluding carboxylic acids is 2. The molecule has 2 amide bonds. The van der Waals surface area contributed by atoms with Gasteiger partial charge in [0, 0.05) is 12.1 Å². The highest BCUT2D eigenvalue weighted by molar-refractivity contribution is 6.32. The molecule has 2 rings (SSSR count). The minimum atomic E-state index is -0.431. The molecule has 0 aliphatic heterocycles. The fourth-order valence-electron chi connectivity index (χ4n) is 2.58. The van der Waals surface area contributed by atoms with Gasteiger partial charge in [-0.05, 0) is 43.2 Å². The lowest BCUT2D eigenvalue weighted by atomic mass is 10.2. The first-order chi connectivity index (χ1) is 14.5. The molecule has 162 valence electrons. The molecular formula is C22H27ClN2O5. The molecule has 8 heteroatoms. The summed E-state index contributed by atoms with van der Waals surface area (Å²) in [5, 5.41) is 5.62. The summed E-state index contributed by atoms with van der Waals surface area (Å²) in [5.74, 6) is 0.813. The number of benzene rings is 2. The van der Waals surface area contributed by atoms with Gasteiger partial charge in [-0.3, -0.25) is 9.59 Å². The van der Waals surface area contributed by atoms with E-state index in [0.29, 0.717) is 31.3 Å². The van der Waals surface area contributed by atoms with Gasteiger partial charge in [0.05, 0.1) is 31.9 Å². The molecule has 30 heavy (non-hydrogen) atoms. The molecule has 7 nitrogen and oxygen atoms in total. The summed E-state index contributed by atoms with van der Waals surface area (Å²) in [5.41, 5.74) is 1.21. The average Bonchev–Trinajstić information content (AvgIpc) is 2.75. The first-order valence-electron chi connectivity index (χ1n) is 9.75. The molecule has 0 radical (unpaired) electrons. The molecule has 2 aromatic carbocycles. The Balaban J connectivity index is 1.93. The van der Waals surface area contributed by atoms with Gasteiger partial charge < -0.3 is 24.8 Å². The summed E-state index contributed by atoms with van der Waals surface area (Å²) in [6, 6.07) is 10.4. The molecule has 0 aliphatic carbocycles. The molecular weight excluding hydrogens is 408 g/mol. The van der Waals surface area contributed by atoms with Gasteiger partial charge in [0.2, 0.25) is 5.91 Å². The fraction of sp³-hybridized carbons (Fsp3) is 0.364. The maximum absolute atomic E-state index is 12.5. The van der Waals surface area contributed by atoms with Crippen molar-refractivity contribution in [2.24, 2.45) is 0 Å². The van der Waals surface area contributed by atoms with E-state index >= 15 is 0 Å². The standard InChI is InChI=1S/C22H27ClN2O5/c1-4-10-30-21-18(23)11-16(12-19(21)29-5-2)22(27)25-14-20(26)24-13-15-6-8-17(28-3)9-7-15/h6-9,11-12H,4-5,10,13-14H2,1-3H3,(H,24,26)(H,25,27). The van der Waals surface area contributed by atoms with E-state index in [1.165, 1.54) is 6.07 Å². The van der Waals surface area contributed by atoms with E-state index in [9.17, 15) is 9.59 Å². The van der Waals surface area contributed by atoms with Crippen LogP contribution in [0.25, 0.3) is 0 Å². The second kappa shape index (κ2) is 11.9. The smallest absolute Gasteiger partial charge is 0.251 e. The van der Waals surface area contributed by atoms with Gasteiger partial charge >= 0.3 is 0 Å². The monoisotopic (exact) mass is 434 g/mol. The van der Waals surface area contributed by atoms with Crippen LogP contribution in [-0.4, -0.2) is 38.7 Å². The van der Waals surface area contributed by atoms with Crippen molar-refractivity contribution in [2.75, 3.05) is 26.9 Å². The highest BCUT2D eigenvalue weighted by Crippen LogP contribution is 2.36. The lowest BCUT2D eigenvalue weighted by Crippen LogP contribution is -2.36. The van der Waals surface area contributed by atoms with Gasteiger partial charge in [-0.2, -0.15) is 0 Å². The maximum atomic E-state index is 12.5. The Morgan fingerprint density at radius 2 is 1.77 bits per heavy atom. The average molecular weight is 435 g/mol. The van der Waals surface area contributed by atoms with Crippen LogP contribution >= 0.6 is 11.6 Å². The van der Waals surface area contributed by atoms with Crippen molar-refractivity contribution in [1.82, 2.24) is 10.6 Å². The zero-order valence-electron chi connectivity index (χ0n) is 17.4. The normalized spacial score (nSPS) is 10.3. The quantitative estimate of drug-likeness (QED) is 0.564. The molecule has 0 fully saturated rings. The van der Waals surface area contributed by atoms with Crippen molar-refractivity contribution < 1.29 is 23.8 Å². The van der Waals surface area contributed by atoms with Crippen LogP contribution in [0.5, 0.6) is 17.2 Å². The zero-order valence-corrected chi connectivity index (χ0v) is 18.2. The Bertz CT molecular complexity index is 855. The van der Waals surface area contributed by atoms with E-state index in [4.69, 9.17) is 25.8 Å². The van der Waals surface area contributed by atoms with Crippen LogP contribution in [0.3, 0.4) is 0 Å². The maximum Gasteiger partial charge on any atom is 0.251 e. The minimum Gasteiger partial charge on any atom is -0.497 e. The second-order valence-corrected chi connectivity index (χ2v) is 6.78. The number of hydrogen-bond acceptors (Lipinski definition) is 5. The number of nitrogens with one attached hydrogen (secondary N) is 2. The summed E-state index contributed by atoms with van der Waals surface area (Å²) in [4.78, 5) is 24.5. The molecule has 0 saturated heterocycles. The van der Waals surface area contributed by atoms with Gasteiger partial charge in [-0.1, -0.05) is 30.7 Å². The van der Waals surface area contributed by atoms with Crippen LogP contribution in [0.1, 0.15) is 36.2 Å². The molecule has 0 heterocycles. The van der Waals surface area contributed by atoms with Crippen molar-refractivity contribution in [3.63, 3.8) is 0 Å². The number of hydrogen-bond donors (Lipinski definition) is 2. The number of methoxy groups -OCH3 is 1. The lowest BCUT2D eigenvalue weighted by molar-refractivity contribution is -0.120. The van der Waals surface area contributed by atoms with Crippen LogP contribution in [0, 0.1) is 0 Å². The van der Waals surface area contributed by atoms with Gasteiger partial charge in [-0.25, -0.2) is 0 Å². The molecule has 0 aliphatic rings. The topological polar surface area (TPSA) is 85.9 Å². The van der Waals surface area contributed by atoms with Gasteiger partial charge in [-0.15, -0.1) is 0 Å². The molecule has 0 atom stereocenters. The van der Waals surface area contributed by atoms with Crippen molar-refractivity contribution in [3.8, 4) is 17.2 Å². The fourth-order valence-corrected chi connectivity index (χ4v) is 2.84. The number of ether oxygens (including phenoxy) is 3. The predicted octanol–water partition coefficient (Wildman–Crippen LogP) is 3.58. The van der Waals surface area contributed by atoms with E-state index in [1.54, 1.807) is 13.2 Å². The molecule has 2 N–H and O–H groups in total. The third-order valence-corrected chi connectivity index (χ3v) is 4.36. The Morgan fingerprint density at radius 3 is 2.40 bits per heavy atom. The largest absolute Gasteiger partial charge is 0.497 e. The lowest BCUT2D eigenvalue weighted by Gasteiger charge is -2.15.